The number of esters is 1. The summed E-state index contributed by atoms with van der Waals surface area (Å²) in [7, 11) is 5.33. The molecule has 4 bridgehead atoms. The molecule has 3 aromatic rings. The first-order chi connectivity index (χ1) is 26.6. The number of ether oxygens (including phenoxy) is 7. The number of benzene rings is 3. The Hall–Kier alpha value is -4.08. The van der Waals surface area contributed by atoms with Gasteiger partial charge in [0.2, 0.25) is 6.79 Å². The number of piperazine rings is 1. The van der Waals surface area contributed by atoms with Crippen molar-refractivity contribution in [2.45, 2.75) is 81.7 Å². The van der Waals surface area contributed by atoms with Crippen molar-refractivity contribution < 1.29 is 48.2 Å². The zero-order valence-electron chi connectivity index (χ0n) is 32.3. The molecule has 294 valence electrons. The number of nitrogens with one attached hydrogen (secondary N) is 1. The number of aromatic hydroxyl groups is 1. The lowest BCUT2D eigenvalue weighted by atomic mass is 9.73. The minimum absolute atomic E-state index is 0.00399. The average molecular weight is 776 g/mol. The number of aliphatic hydroxyl groups excluding tert-OH is 1. The van der Waals surface area contributed by atoms with Gasteiger partial charge in [-0.2, -0.15) is 0 Å². The molecule has 1 spiro atoms. The number of carbonyl (C=O) groups is 1. The molecule has 14 heteroatoms. The number of hydrogen-bond donors (Lipinski definition) is 3. The Morgan fingerprint density at radius 3 is 2.49 bits per heavy atom. The number of likely N-dealkylation sites (N-methyl/N-ethyl adjacent to an activating group) is 1. The summed E-state index contributed by atoms with van der Waals surface area (Å²) < 4.78 is 42.9. The molecule has 7 atom stereocenters. The molecule has 0 radical (unpaired) electrons. The summed E-state index contributed by atoms with van der Waals surface area (Å²) in [4.78, 5) is 19.2. The fraction of sp³-hybridized carbons (Fsp3) is 0.537. The van der Waals surface area contributed by atoms with E-state index in [0.717, 1.165) is 27.8 Å². The van der Waals surface area contributed by atoms with Crippen LogP contribution in [0.15, 0.2) is 18.2 Å². The maximum absolute atomic E-state index is 14.8. The van der Waals surface area contributed by atoms with E-state index >= 15 is 0 Å². The molecule has 2 saturated heterocycles. The molecule has 2 fully saturated rings. The van der Waals surface area contributed by atoms with E-state index in [1.54, 1.807) is 26.0 Å². The number of rotatable bonds is 6. The van der Waals surface area contributed by atoms with Crippen LogP contribution in [0.25, 0.3) is 0 Å². The highest BCUT2D eigenvalue weighted by atomic mass is 32.2. The quantitative estimate of drug-likeness (QED) is 0.301. The van der Waals surface area contributed by atoms with Crippen molar-refractivity contribution in [1.29, 1.82) is 0 Å². The number of fused-ring (bicyclic) bond motifs is 9. The Labute approximate surface area is 325 Å². The summed E-state index contributed by atoms with van der Waals surface area (Å²) in [5.41, 5.74) is 5.55. The highest BCUT2D eigenvalue weighted by molar-refractivity contribution is 7.99. The Kier molecular flexibility index (Phi) is 9.00. The summed E-state index contributed by atoms with van der Waals surface area (Å²) in [5.74, 6) is 3.47. The van der Waals surface area contributed by atoms with Crippen LogP contribution in [0.3, 0.4) is 0 Å². The molecule has 0 saturated carbocycles. The SMILES string of the molecule is CCOc1cc2c(cc1OC)[C@@]1(CS[C@@H]3c4c(O)c(C)c5c(c4[C@H](COC1=O)N1C3[C@H]3c4c(cc(C)c(OC)c4OCC)C[C@@H]([C@@H]1O)N3C)OCO5)NCC2. The van der Waals surface area contributed by atoms with E-state index < -0.39 is 35.1 Å². The second-order valence-electron chi connectivity index (χ2n) is 15.2. The number of methoxy groups -OCH3 is 2. The second kappa shape index (κ2) is 13.5. The van der Waals surface area contributed by atoms with Gasteiger partial charge < -0.3 is 43.4 Å². The molecule has 0 amide bonds. The number of thioether (sulfide) groups is 1. The summed E-state index contributed by atoms with van der Waals surface area (Å²) in [6, 6.07) is 4.33. The lowest BCUT2D eigenvalue weighted by Gasteiger charge is -2.62. The van der Waals surface area contributed by atoms with Gasteiger partial charge in [0.25, 0.3) is 0 Å². The number of carbonyl (C=O) groups excluding carboxylic acids is 1. The zero-order valence-corrected chi connectivity index (χ0v) is 33.1. The van der Waals surface area contributed by atoms with Crippen LogP contribution in [0.2, 0.25) is 0 Å². The zero-order chi connectivity index (χ0) is 38.5. The number of aliphatic hydroxyl groups is 1. The van der Waals surface area contributed by atoms with Crippen molar-refractivity contribution in [3.63, 3.8) is 0 Å². The molecule has 0 aliphatic carbocycles. The van der Waals surface area contributed by atoms with Gasteiger partial charge in [-0.25, -0.2) is 4.79 Å². The molecule has 7 aliphatic heterocycles. The third-order valence-electron chi connectivity index (χ3n) is 12.6. The van der Waals surface area contributed by atoms with Crippen molar-refractivity contribution in [2.24, 2.45) is 0 Å². The Balaban J connectivity index is 1.28. The standard InChI is InChI=1S/C41H49N3O10S/c1-8-50-27-14-21-10-11-42-41(23(21)15-26(27)48-6)17-55-38-30-29(37-35(53-18-54-37)20(4)33(30)45)25(16-52-40(41)47)44-32(38)31-28-22(13-24(39(44)46)43(31)5)12-19(3)34(49-7)36(28)51-9-2/h12,14-15,24-25,31-32,38-39,42,45-46H,8-11,13,16-18H2,1-7H3/t24-,25-,31+,32?,38+,39-,41+/m0/s1. The maximum Gasteiger partial charge on any atom is 0.331 e. The molecule has 7 aliphatic rings. The molecule has 0 aromatic heterocycles. The molecule has 7 heterocycles. The topological polar surface area (TPSA) is 141 Å². The van der Waals surface area contributed by atoms with Gasteiger partial charge in [-0.05, 0) is 82.0 Å². The van der Waals surface area contributed by atoms with Gasteiger partial charge in [-0.1, -0.05) is 6.07 Å². The van der Waals surface area contributed by atoms with Gasteiger partial charge in [0.1, 0.15) is 18.6 Å². The molecule has 1 unspecified atom stereocenters. The monoisotopic (exact) mass is 775 g/mol. The maximum atomic E-state index is 14.8. The number of nitrogens with zero attached hydrogens (tertiary/aromatic N) is 2. The van der Waals surface area contributed by atoms with Crippen LogP contribution in [0, 0.1) is 13.8 Å². The summed E-state index contributed by atoms with van der Waals surface area (Å²) in [6.45, 7) is 9.11. The molecule has 3 aromatic carbocycles. The second-order valence-corrected chi connectivity index (χ2v) is 16.3. The number of hydrogen-bond acceptors (Lipinski definition) is 14. The van der Waals surface area contributed by atoms with E-state index in [0.29, 0.717) is 83.8 Å². The van der Waals surface area contributed by atoms with E-state index in [-0.39, 0.29) is 37.0 Å². The molecule has 3 N–H and O–H groups in total. The smallest absolute Gasteiger partial charge is 0.331 e. The fourth-order valence-corrected chi connectivity index (χ4v) is 12.0. The van der Waals surface area contributed by atoms with Crippen LogP contribution in [0.5, 0.6) is 40.2 Å². The average Bonchev–Trinajstić information content (AvgIpc) is 3.67. The van der Waals surface area contributed by atoms with Gasteiger partial charge in [0.05, 0.1) is 50.8 Å². The van der Waals surface area contributed by atoms with Crippen molar-refractivity contribution >= 4 is 17.7 Å². The van der Waals surface area contributed by atoms with Crippen LogP contribution in [0.1, 0.15) is 75.7 Å². The highest BCUT2D eigenvalue weighted by Crippen LogP contribution is 2.64. The van der Waals surface area contributed by atoms with Crippen LogP contribution >= 0.6 is 11.8 Å². The summed E-state index contributed by atoms with van der Waals surface area (Å²) in [6.07, 6.45) is 0.301. The molecule has 13 nitrogen and oxygen atoms in total. The van der Waals surface area contributed by atoms with E-state index in [1.807, 2.05) is 39.8 Å². The summed E-state index contributed by atoms with van der Waals surface area (Å²) >= 11 is 1.57. The Bertz CT molecular complexity index is 2080. The van der Waals surface area contributed by atoms with Crippen molar-refractivity contribution in [2.75, 3.05) is 60.2 Å². The minimum atomic E-state index is -1.25. The third kappa shape index (κ3) is 5.10. The predicted octanol–water partition coefficient (Wildman–Crippen LogP) is 4.58. The summed E-state index contributed by atoms with van der Waals surface area (Å²) in [5, 5.41) is 28.1. The van der Waals surface area contributed by atoms with Crippen molar-refractivity contribution in [3.8, 4) is 40.2 Å². The van der Waals surface area contributed by atoms with Crippen LogP contribution in [-0.2, 0) is 27.9 Å². The van der Waals surface area contributed by atoms with Gasteiger partial charge in [-0.15, -0.1) is 11.8 Å². The van der Waals surface area contributed by atoms with E-state index in [4.69, 9.17) is 33.2 Å². The molecule has 10 rings (SSSR count). The van der Waals surface area contributed by atoms with Crippen LogP contribution < -0.4 is 33.7 Å². The van der Waals surface area contributed by atoms with Gasteiger partial charge in [-0.3, -0.25) is 15.1 Å². The number of aryl methyl sites for hydroxylation is 1. The first-order valence-corrected chi connectivity index (χ1v) is 20.2. The molecular formula is C41H49N3O10S. The third-order valence-corrected chi connectivity index (χ3v) is 14.1. The van der Waals surface area contributed by atoms with Crippen LogP contribution in [-0.4, -0.2) is 104 Å². The van der Waals surface area contributed by atoms with E-state index in [2.05, 4.69) is 28.2 Å². The Morgan fingerprint density at radius 2 is 1.75 bits per heavy atom. The lowest BCUT2D eigenvalue weighted by Crippen LogP contribution is -2.70. The van der Waals surface area contributed by atoms with Crippen molar-refractivity contribution in [3.05, 3.63) is 62.7 Å². The first-order valence-electron chi connectivity index (χ1n) is 19.1. The minimum Gasteiger partial charge on any atom is -0.507 e. The fourth-order valence-electron chi connectivity index (χ4n) is 10.3. The van der Waals surface area contributed by atoms with Crippen LogP contribution in [0.4, 0.5) is 0 Å². The molecular weight excluding hydrogens is 727 g/mol. The van der Waals surface area contributed by atoms with Gasteiger partial charge in [0.15, 0.2) is 40.0 Å². The van der Waals surface area contributed by atoms with E-state index in [1.165, 1.54) is 0 Å². The van der Waals surface area contributed by atoms with Crippen molar-refractivity contribution in [1.82, 2.24) is 15.1 Å². The number of phenols is 1. The normalized spacial score (nSPS) is 29.1. The first kappa shape index (κ1) is 36.6. The van der Waals surface area contributed by atoms with Gasteiger partial charge >= 0.3 is 5.97 Å². The number of phenolic OH excluding ortho intramolecular Hbond substituents is 1. The highest BCUT2D eigenvalue weighted by Gasteiger charge is 2.61. The van der Waals surface area contributed by atoms with E-state index in [9.17, 15) is 15.0 Å². The Morgan fingerprint density at radius 1 is 0.964 bits per heavy atom. The largest absolute Gasteiger partial charge is 0.507 e. The van der Waals surface area contributed by atoms with Gasteiger partial charge in [0, 0.05) is 40.6 Å². The predicted molar refractivity (Wildman–Crippen MR) is 204 cm³/mol. The molecule has 55 heavy (non-hydrogen) atoms. The lowest BCUT2D eigenvalue weighted by molar-refractivity contribution is -0.186.